The summed E-state index contributed by atoms with van der Waals surface area (Å²) in [5.74, 6) is -4.51. The van der Waals surface area contributed by atoms with Crippen LogP contribution in [-0.2, 0) is 34.0 Å². The molecule has 3 N–H and O–H groups in total. The third-order valence-corrected chi connectivity index (χ3v) is 13.2. The van der Waals surface area contributed by atoms with Crippen LogP contribution < -0.4 is 15.4 Å². The Labute approximate surface area is 331 Å². The van der Waals surface area contributed by atoms with E-state index in [-0.39, 0.29) is 13.0 Å². The summed E-state index contributed by atoms with van der Waals surface area (Å²) in [4.78, 5) is 62.8. The molecular formula is C41H49F2N5O8S. The first kappa shape index (κ1) is 40.3. The van der Waals surface area contributed by atoms with Crippen LogP contribution >= 0.6 is 0 Å². The van der Waals surface area contributed by atoms with Crippen LogP contribution in [0, 0.1) is 11.3 Å². The highest BCUT2D eigenvalue weighted by molar-refractivity contribution is 7.91. The maximum atomic E-state index is 14.6. The Bertz CT molecular complexity index is 2120. The summed E-state index contributed by atoms with van der Waals surface area (Å²) >= 11 is 0. The van der Waals surface area contributed by atoms with E-state index in [0.717, 1.165) is 47.1 Å². The fraction of sp³-hybridized carbons (Fsp3) is 0.537. The Kier molecular flexibility index (Phi) is 11.0. The van der Waals surface area contributed by atoms with Crippen LogP contribution in [0.3, 0.4) is 0 Å². The molecular weight excluding hydrogens is 761 g/mol. The van der Waals surface area contributed by atoms with Crippen LogP contribution in [0.5, 0.6) is 0 Å². The highest BCUT2D eigenvalue weighted by atomic mass is 32.2. The number of amides is 4. The number of hydrogen-bond donors (Lipinski definition) is 3. The summed E-state index contributed by atoms with van der Waals surface area (Å²) in [5, 5.41) is 8.94. The summed E-state index contributed by atoms with van der Waals surface area (Å²) < 4.78 is 61.2. The molecule has 306 valence electrons. The van der Waals surface area contributed by atoms with Crippen molar-refractivity contribution in [1.82, 2.24) is 20.3 Å². The van der Waals surface area contributed by atoms with Crippen molar-refractivity contribution < 1.29 is 46.0 Å². The maximum absolute atomic E-state index is 14.6. The lowest BCUT2D eigenvalue weighted by Crippen LogP contribution is -2.60. The number of nitrogens with one attached hydrogen (secondary N) is 3. The lowest BCUT2D eigenvalue weighted by molar-refractivity contribution is -0.143. The number of alkyl carbamates (subject to hydrolysis) is 1. The Morgan fingerprint density at radius 2 is 1.74 bits per heavy atom. The molecule has 0 aromatic heterocycles. The van der Waals surface area contributed by atoms with Crippen molar-refractivity contribution in [2.24, 2.45) is 16.5 Å². The Hall–Kier alpha value is -4.86. The zero-order valence-corrected chi connectivity index (χ0v) is 33.2. The van der Waals surface area contributed by atoms with Gasteiger partial charge in [-0.15, -0.1) is 0 Å². The normalized spacial score (nSPS) is 29.4. The van der Waals surface area contributed by atoms with Gasteiger partial charge >= 0.3 is 6.09 Å². The number of carbonyl (C=O) groups excluding carboxylic acids is 4. The first-order valence-corrected chi connectivity index (χ1v) is 21.1. The molecule has 2 aromatic rings. The molecule has 57 heavy (non-hydrogen) atoms. The van der Waals surface area contributed by atoms with Crippen molar-refractivity contribution in [3.63, 3.8) is 0 Å². The number of allylic oxidation sites excluding steroid dienone is 1. The van der Waals surface area contributed by atoms with Gasteiger partial charge in [0.05, 0.1) is 17.7 Å². The number of benzene rings is 2. The van der Waals surface area contributed by atoms with Crippen LogP contribution in [-0.4, -0.2) is 90.9 Å². The number of alkyl halides is 2. The van der Waals surface area contributed by atoms with Crippen LogP contribution in [0.4, 0.5) is 13.6 Å². The number of hydrogen-bond acceptors (Lipinski definition) is 9. The number of oxime groups is 1. The molecule has 5 aliphatic rings. The third-order valence-electron chi connectivity index (χ3n) is 11.4. The van der Waals surface area contributed by atoms with Gasteiger partial charge in [-0.2, -0.15) is 0 Å². The number of rotatable bonds is 6. The molecule has 13 nitrogen and oxygen atoms in total. The minimum Gasteiger partial charge on any atom is -0.447 e. The molecule has 0 spiro atoms. The molecule has 2 heterocycles. The summed E-state index contributed by atoms with van der Waals surface area (Å²) in [6.45, 7) is 6.80. The highest BCUT2D eigenvalue weighted by Gasteiger charge is 2.67. The number of sulfonamides is 1. The monoisotopic (exact) mass is 809 g/mol. The van der Waals surface area contributed by atoms with Gasteiger partial charge in [0.15, 0.2) is 0 Å². The molecule has 7 rings (SSSR count). The van der Waals surface area contributed by atoms with Gasteiger partial charge in [-0.05, 0) is 80.0 Å². The second-order valence-corrected chi connectivity index (χ2v) is 18.8. The average molecular weight is 810 g/mol. The van der Waals surface area contributed by atoms with E-state index >= 15 is 0 Å². The van der Waals surface area contributed by atoms with E-state index in [4.69, 9.17) is 9.57 Å². The van der Waals surface area contributed by atoms with Crippen molar-refractivity contribution in [2.45, 2.75) is 121 Å². The Morgan fingerprint density at radius 1 is 1.02 bits per heavy atom. The van der Waals surface area contributed by atoms with Crippen LogP contribution in [0.15, 0.2) is 53.7 Å². The summed E-state index contributed by atoms with van der Waals surface area (Å²) in [6.07, 6.45) is 2.02. The van der Waals surface area contributed by atoms with Crippen molar-refractivity contribution in [3.8, 4) is 11.1 Å². The van der Waals surface area contributed by atoms with Gasteiger partial charge in [-0.25, -0.2) is 22.0 Å². The maximum Gasteiger partial charge on any atom is 0.408 e. The zero-order chi connectivity index (χ0) is 40.9. The number of cyclic esters (lactones) is 1. The van der Waals surface area contributed by atoms with Gasteiger partial charge in [0, 0.05) is 17.5 Å². The Balaban J connectivity index is 1.23. The van der Waals surface area contributed by atoms with E-state index in [0.29, 0.717) is 25.0 Å². The van der Waals surface area contributed by atoms with Gasteiger partial charge < -0.3 is 25.1 Å². The molecule has 4 bridgehead atoms. The smallest absolute Gasteiger partial charge is 0.408 e. The van der Waals surface area contributed by atoms with Gasteiger partial charge in [-0.1, -0.05) is 74.5 Å². The molecule has 6 atom stereocenters. The summed E-state index contributed by atoms with van der Waals surface area (Å²) in [6, 6.07) is 11.3. The van der Waals surface area contributed by atoms with Gasteiger partial charge in [0.1, 0.15) is 35.5 Å². The van der Waals surface area contributed by atoms with Crippen molar-refractivity contribution >= 4 is 45.6 Å². The second kappa shape index (κ2) is 15.5. The average Bonchev–Trinajstić information content (AvgIpc) is 4.06. The van der Waals surface area contributed by atoms with E-state index in [2.05, 4.69) is 21.9 Å². The topological polar surface area (TPSA) is 173 Å². The molecule has 2 saturated carbocycles. The number of fused-ring (bicyclic) bond motifs is 6. The zero-order valence-electron chi connectivity index (χ0n) is 32.4. The molecule has 0 unspecified atom stereocenters. The number of ether oxygens (including phenoxy) is 1. The molecule has 4 amide bonds. The lowest BCUT2D eigenvalue weighted by atomic mass is 9.85. The van der Waals surface area contributed by atoms with Crippen LogP contribution in [0.1, 0.15) is 95.8 Å². The van der Waals surface area contributed by atoms with E-state index in [9.17, 15) is 36.4 Å². The first-order valence-electron chi connectivity index (χ1n) is 19.6. The summed E-state index contributed by atoms with van der Waals surface area (Å²) in [7, 11) is -4.13. The van der Waals surface area contributed by atoms with Crippen molar-refractivity contribution in [3.05, 3.63) is 65.2 Å². The molecule has 2 aromatic carbocycles. The predicted octanol–water partition coefficient (Wildman–Crippen LogP) is 5.27. The Morgan fingerprint density at radius 3 is 2.42 bits per heavy atom. The summed E-state index contributed by atoms with van der Waals surface area (Å²) in [5.41, 5.74) is 2.01. The van der Waals surface area contributed by atoms with E-state index in [1.807, 2.05) is 53.3 Å². The number of carbonyl (C=O) groups is 4. The van der Waals surface area contributed by atoms with Crippen LogP contribution in [0.2, 0.25) is 0 Å². The molecule has 3 aliphatic carbocycles. The largest absolute Gasteiger partial charge is 0.447 e. The first-order chi connectivity index (χ1) is 27.0. The third kappa shape index (κ3) is 8.42. The molecule has 0 radical (unpaired) electrons. The standard InChI is InChI=1S/C41H49F2N5O8S/c1-23-11-7-5-6-8-12-24-15-18-28-27-13-9-10-14-29(27)33(30(28)19-24)46-56-25-20-32(48(22-25)37(50)34(40(2,3)4)44-39(52)55-23)36(49)45-41(21-31(41)35(42)43)38(51)47-57(53,54)26-16-17-26/h8-10,12-15,18-19,23,25-26,31-32,34-35H,5-7,11,16-17,20-22H2,1-4H3,(H,44,52)(H,45,49)(H,47,51)/b12-8+,46-33+/t23-,25+,31-,32-,34+,41-/m0/s1. The van der Waals surface area contributed by atoms with Crippen LogP contribution in [0.25, 0.3) is 17.2 Å². The van der Waals surface area contributed by atoms with Crippen molar-refractivity contribution in [2.75, 3.05) is 6.54 Å². The second-order valence-electron chi connectivity index (χ2n) is 16.9. The van der Waals surface area contributed by atoms with E-state index in [1.54, 1.807) is 27.7 Å². The van der Waals surface area contributed by atoms with Gasteiger partial charge in [0.2, 0.25) is 28.3 Å². The van der Waals surface area contributed by atoms with E-state index < -0.39 is 93.1 Å². The predicted molar refractivity (Wildman–Crippen MR) is 207 cm³/mol. The number of nitrogens with zero attached hydrogens (tertiary/aromatic N) is 2. The highest BCUT2D eigenvalue weighted by Crippen LogP contribution is 2.48. The minimum atomic E-state index is -4.13. The minimum absolute atomic E-state index is 0.151. The SMILES string of the molecule is C[C@H]1CCCC/C=C/c2ccc3c(c2)/C(=N/O[C@@H]2C[C@@H](C(=O)N[C@@]4(C(=O)NS(=O)(=O)C5CC5)C[C@H]4C(F)F)N(C2)C(=O)[C@H](C(C)(C)C)NC(=O)O1)c1ccccc1-3. The molecule has 2 aliphatic heterocycles. The molecule has 16 heteroatoms. The fourth-order valence-corrected chi connectivity index (χ4v) is 9.28. The lowest BCUT2D eigenvalue weighted by Gasteiger charge is -2.35. The molecule has 1 saturated heterocycles. The molecule has 3 fully saturated rings. The number of halogens is 2. The van der Waals surface area contributed by atoms with Gasteiger partial charge in [0.25, 0.3) is 5.91 Å². The van der Waals surface area contributed by atoms with Gasteiger partial charge in [-0.3, -0.25) is 19.1 Å². The van der Waals surface area contributed by atoms with E-state index in [1.165, 1.54) is 4.90 Å². The quantitative estimate of drug-likeness (QED) is 0.302. The van der Waals surface area contributed by atoms with Crippen molar-refractivity contribution in [1.29, 1.82) is 0 Å². The fourth-order valence-electron chi connectivity index (χ4n) is 7.92.